The lowest BCUT2D eigenvalue weighted by Crippen LogP contribution is -2.46. The van der Waals surface area contributed by atoms with Crippen LogP contribution in [0.25, 0.3) is 10.6 Å². The van der Waals surface area contributed by atoms with E-state index in [-0.39, 0.29) is 17.9 Å². The van der Waals surface area contributed by atoms with Crippen LogP contribution in [-0.4, -0.2) is 46.0 Å². The summed E-state index contributed by atoms with van der Waals surface area (Å²) in [5.74, 6) is -0.266. The third-order valence-corrected chi connectivity index (χ3v) is 6.05. The third-order valence-electron chi connectivity index (χ3n) is 4.82. The minimum atomic E-state index is -0.178. The Labute approximate surface area is 171 Å². The van der Waals surface area contributed by atoms with Crippen LogP contribution in [0.4, 0.5) is 0 Å². The van der Waals surface area contributed by atoms with Crippen molar-refractivity contribution >= 4 is 34.8 Å². The lowest BCUT2D eigenvalue weighted by Gasteiger charge is -2.32. The molecule has 3 heterocycles. The Bertz CT molecular complexity index is 978. The van der Waals surface area contributed by atoms with E-state index in [1.807, 2.05) is 17.5 Å². The van der Waals surface area contributed by atoms with E-state index >= 15 is 0 Å². The molecule has 144 valence electrons. The van der Waals surface area contributed by atoms with Crippen molar-refractivity contribution in [2.45, 2.75) is 18.9 Å². The van der Waals surface area contributed by atoms with Crippen molar-refractivity contribution in [1.29, 1.82) is 0 Å². The Morgan fingerprint density at radius 3 is 2.68 bits per heavy atom. The molecule has 0 saturated carbocycles. The topological polar surface area (TPSA) is 78.1 Å². The van der Waals surface area contributed by atoms with Gasteiger partial charge in [-0.2, -0.15) is 5.10 Å². The summed E-state index contributed by atoms with van der Waals surface area (Å²) in [6.07, 6.45) is 1.40. The van der Waals surface area contributed by atoms with E-state index in [9.17, 15) is 9.59 Å². The summed E-state index contributed by atoms with van der Waals surface area (Å²) in [7, 11) is 0. The van der Waals surface area contributed by atoms with Gasteiger partial charge in [-0.1, -0.05) is 29.8 Å². The molecule has 1 fully saturated rings. The van der Waals surface area contributed by atoms with Gasteiger partial charge >= 0.3 is 0 Å². The van der Waals surface area contributed by atoms with Crippen molar-refractivity contribution in [3.05, 3.63) is 64.1 Å². The molecule has 28 heavy (non-hydrogen) atoms. The van der Waals surface area contributed by atoms with Gasteiger partial charge in [-0.25, -0.2) is 0 Å². The van der Waals surface area contributed by atoms with Crippen LogP contribution in [-0.2, 0) is 0 Å². The molecule has 1 aromatic carbocycles. The van der Waals surface area contributed by atoms with Crippen molar-refractivity contribution in [3.63, 3.8) is 0 Å². The number of hydrogen-bond acceptors (Lipinski definition) is 4. The molecule has 2 N–H and O–H groups in total. The summed E-state index contributed by atoms with van der Waals surface area (Å²) in [6.45, 7) is 1.15. The monoisotopic (exact) mass is 414 g/mol. The van der Waals surface area contributed by atoms with Gasteiger partial charge < -0.3 is 10.2 Å². The average molecular weight is 415 g/mol. The van der Waals surface area contributed by atoms with E-state index in [1.54, 1.807) is 46.6 Å². The Balaban J connectivity index is 1.33. The minimum Gasteiger partial charge on any atom is -0.349 e. The molecule has 0 bridgehead atoms. The summed E-state index contributed by atoms with van der Waals surface area (Å²) in [6, 6.07) is 12.8. The van der Waals surface area contributed by atoms with E-state index in [4.69, 9.17) is 11.6 Å². The van der Waals surface area contributed by atoms with Crippen LogP contribution in [0.15, 0.2) is 47.8 Å². The van der Waals surface area contributed by atoms with Crippen molar-refractivity contribution < 1.29 is 9.59 Å². The summed E-state index contributed by atoms with van der Waals surface area (Å²) in [5.41, 5.74) is 1.74. The molecule has 0 unspecified atom stereocenters. The van der Waals surface area contributed by atoms with Gasteiger partial charge in [-0.05, 0) is 42.5 Å². The van der Waals surface area contributed by atoms with Crippen LogP contribution >= 0.6 is 22.9 Å². The number of piperidine rings is 1. The molecule has 8 heteroatoms. The Morgan fingerprint density at radius 1 is 1.18 bits per heavy atom. The summed E-state index contributed by atoms with van der Waals surface area (Å²) < 4.78 is 0. The number of thiophene rings is 1. The largest absolute Gasteiger partial charge is 0.349 e. The van der Waals surface area contributed by atoms with Gasteiger partial charge in [0.2, 0.25) is 0 Å². The molecule has 0 atom stereocenters. The second kappa shape index (κ2) is 8.16. The number of halogens is 1. The number of amides is 2. The van der Waals surface area contributed by atoms with E-state index in [1.165, 1.54) is 0 Å². The third kappa shape index (κ3) is 3.95. The molecule has 0 aliphatic carbocycles. The average Bonchev–Trinajstić information content (AvgIpc) is 3.40. The van der Waals surface area contributed by atoms with Crippen molar-refractivity contribution in [2.24, 2.45) is 0 Å². The minimum absolute atomic E-state index is 0.0219. The molecule has 1 aliphatic heterocycles. The van der Waals surface area contributed by atoms with Gasteiger partial charge in [0, 0.05) is 19.1 Å². The van der Waals surface area contributed by atoms with Gasteiger partial charge in [0.25, 0.3) is 11.8 Å². The first-order valence-corrected chi connectivity index (χ1v) is 10.3. The number of aromatic nitrogens is 2. The first-order valence-electron chi connectivity index (χ1n) is 9.06. The second-order valence-electron chi connectivity index (χ2n) is 6.66. The van der Waals surface area contributed by atoms with E-state index < -0.39 is 0 Å². The van der Waals surface area contributed by atoms with Gasteiger partial charge in [0.15, 0.2) is 5.69 Å². The zero-order valence-corrected chi connectivity index (χ0v) is 16.6. The molecule has 6 nitrogen and oxygen atoms in total. The fourth-order valence-electron chi connectivity index (χ4n) is 3.29. The van der Waals surface area contributed by atoms with Crippen molar-refractivity contribution in [3.8, 4) is 10.6 Å². The first kappa shape index (κ1) is 18.7. The second-order valence-corrected chi connectivity index (χ2v) is 8.02. The molecular weight excluding hydrogens is 396 g/mol. The van der Waals surface area contributed by atoms with Crippen LogP contribution in [0.3, 0.4) is 0 Å². The Hall–Kier alpha value is -2.64. The number of carbonyl (C=O) groups excluding carboxylic acids is 2. The molecule has 1 saturated heterocycles. The normalized spacial score (nSPS) is 14.8. The fourth-order valence-corrected chi connectivity index (χ4v) is 4.20. The predicted molar refractivity (Wildman–Crippen MR) is 110 cm³/mol. The number of rotatable bonds is 4. The standard InChI is InChI=1S/C20H19ClN4O2S/c21-15-5-2-1-4-14(15)19(26)22-13-7-9-25(10-8-13)20(27)17-12-16(23-24-17)18-6-3-11-28-18/h1-6,11-13H,7-10H2,(H,22,26)(H,23,24). The Kier molecular flexibility index (Phi) is 5.45. The molecular formula is C20H19ClN4O2S. The summed E-state index contributed by atoms with van der Waals surface area (Å²) >= 11 is 7.68. The molecule has 0 spiro atoms. The molecule has 0 radical (unpaired) electrons. The predicted octanol–water partition coefficient (Wildman–Crippen LogP) is 3.83. The number of benzene rings is 1. The van der Waals surface area contributed by atoms with Crippen LogP contribution in [0.1, 0.15) is 33.7 Å². The highest BCUT2D eigenvalue weighted by Gasteiger charge is 2.26. The fraction of sp³-hybridized carbons (Fsp3) is 0.250. The summed E-state index contributed by atoms with van der Waals surface area (Å²) in [5, 5.41) is 12.5. The summed E-state index contributed by atoms with van der Waals surface area (Å²) in [4.78, 5) is 27.9. The lowest BCUT2D eigenvalue weighted by molar-refractivity contribution is 0.0692. The van der Waals surface area contributed by atoms with Gasteiger partial charge in [0.1, 0.15) is 0 Å². The molecule has 4 rings (SSSR count). The number of H-pyrrole nitrogens is 1. The number of nitrogens with one attached hydrogen (secondary N) is 2. The number of carbonyl (C=O) groups is 2. The lowest BCUT2D eigenvalue weighted by atomic mass is 10.0. The van der Waals surface area contributed by atoms with Gasteiger partial charge in [-0.3, -0.25) is 14.7 Å². The maximum Gasteiger partial charge on any atom is 0.274 e. The van der Waals surface area contributed by atoms with Crippen LogP contribution in [0, 0.1) is 0 Å². The smallest absolute Gasteiger partial charge is 0.274 e. The van der Waals surface area contributed by atoms with Crippen LogP contribution in [0.2, 0.25) is 5.02 Å². The zero-order chi connectivity index (χ0) is 19.5. The molecule has 2 aromatic heterocycles. The number of hydrogen-bond donors (Lipinski definition) is 2. The highest BCUT2D eigenvalue weighted by atomic mass is 35.5. The number of aromatic amines is 1. The quantitative estimate of drug-likeness (QED) is 0.681. The number of nitrogens with zero attached hydrogens (tertiary/aromatic N) is 2. The Morgan fingerprint density at radius 2 is 1.96 bits per heavy atom. The molecule has 1 aliphatic rings. The highest BCUT2D eigenvalue weighted by molar-refractivity contribution is 7.13. The van der Waals surface area contributed by atoms with Gasteiger partial charge in [0.05, 0.1) is 21.2 Å². The SMILES string of the molecule is O=C(NC1CCN(C(=O)c2cc(-c3cccs3)[nH]n2)CC1)c1ccccc1Cl. The first-order chi connectivity index (χ1) is 13.6. The van der Waals surface area contributed by atoms with Crippen molar-refractivity contribution in [1.82, 2.24) is 20.4 Å². The number of likely N-dealkylation sites (tertiary alicyclic amines) is 1. The zero-order valence-electron chi connectivity index (χ0n) is 15.0. The van der Waals surface area contributed by atoms with Crippen LogP contribution < -0.4 is 5.32 Å². The van der Waals surface area contributed by atoms with E-state index in [2.05, 4.69) is 15.5 Å². The van der Waals surface area contributed by atoms with E-state index in [0.717, 1.165) is 10.6 Å². The van der Waals surface area contributed by atoms with Crippen molar-refractivity contribution in [2.75, 3.05) is 13.1 Å². The van der Waals surface area contributed by atoms with Crippen LogP contribution in [0.5, 0.6) is 0 Å². The molecule has 2 amide bonds. The maximum absolute atomic E-state index is 12.7. The maximum atomic E-state index is 12.7. The highest BCUT2D eigenvalue weighted by Crippen LogP contribution is 2.24. The van der Waals surface area contributed by atoms with Gasteiger partial charge in [-0.15, -0.1) is 11.3 Å². The van der Waals surface area contributed by atoms with E-state index in [0.29, 0.717) is 42.2 Å². The molecule has 3 aromatic rings.